The first kappa shape index (κ1) is 16.6. The van der Waals surface area contributed by atoms with E-state index in [2.05, 4.69) is 5.32 Å². The molecule has 0 spiro atoms. The third kappa shape index (κ3) is 3.51. The van der Waals surface area contributed by atoms with Gasteiger partial charge in [-0.25, -0.2) is 0 Å². The largest absolute Gasteiger partial charge is 0.496 e. The standard InChI is InChI=1S/C15H13ClN2O5/c1-22-12-4-3-5-13(23-2)14(12)15(19)17-11-7-6-9(18(20)21)8-10(11)16/h3-8H,1-2H3,(H,17,19). The fraction of sp³-hybridized carbons (Fsp3) is 0.133. The molecule has 8 heteroatoms. The molecule has 23 heavy (non-hydrogen) atoms. The summed E-state index contributed by atoms with van der Waals surface area (Å²) >= 11 is 5.97. The van der Waals surface area contributed by atoms with Crippen LogP contribution in [0.25, 0.3) is 0 Å². The molecule has 2 rings (SSSR count). The predicted octanol–water partition coefficient (Wildman–Crippen LogP) is 3.52. The lowest BCUT2D eigenvalue weighted by molar-refractivity contribution is -0.384. The van der Waals surface area contributed by atoms with Gasteiger partial charge < -0.3 is 14.8 Å². The molecule has 0 aliphatic heterocycles. The number of anilines is 1. The van der Waals surface area contributed by atoms with Crippen LogP contribution in [0, 0.1) is 10.1 Å². The Morgan fingerprint density at radius 2 is 1.78 bits per heavy atom. The van der Waals surface area contributed by atoms with Crippen molar-refractivity contribution in [2.75, 3.05) is 19.5 Å². The lowest BCUT2D eigenvalue weighted by Crippen LogP contribution is -2.15. The van der Waals surface area contributed by atoms with Crippen LogP contribution in [0.3, 0.4) is 0 Å². The van der Waals surface area contributed by atoms with Crippen molar-refractivity contribution in [3.63, 3.8) is 0 Å². The summed E-state index contributed by atoms with van der Waals surface area (Å²) < 4.78 is 10.3. The van der Waals surface area contributed by atoms with Crippen molar-refractivity contribution < 1.29 is 19.2 Å². The molecular weight excluding hydrogens is 324 g/mol. The zero-order valence-corrected chi connectivity index (χ0v) is 13.1. The normalized spacial score (nSPS) is 10.0. The molecule has 0 bridgehead atoms. The number of nitro groups is 1. The van der Waals surface area contributed by atoms with Crippen molar-refractivity contribution in [3.8, 4) is 11.5 Å². The Balaban J connectivity index is 2.35. The van der Waals surface area contributed by atoms with E-state index in [-0.39, 0.29) is 22.0 Å². The van der Waals surface area contributed by atoms with Crippen LogP contribution in [0.1, 0.15) is 10.4 Å². The second-order valence-corrected chi connectivity index (χ2v) is 4.82. The molecule has 0 saturated carbocycles. The quantitative estimate of drug-likeness (QED) is 0.666. The number of methoxy groups -OCH3 is 2. The van der Waals surface area contributed by atoms with Gasteiger partial charge in [0, 0.05) is 12.1 Å². The van der Waals surface area contributed by atoms with Crippen molar-refractivity contribution in [2.45, 2.75) is 0 Å². The minimum Gasteiger partial charge on any atom is -0.496 e. The van der Waals surface area contributed by atoms with Crippen molar-refractivity contribution in [1.82, 2.24) is 0 Å². The zero-order chi connectivity index (χ0) is 17.0. The van der Waals surface area contributed by atoms with E-state index in [1.807, 2.05) is 0 Å². The number of nitrogens with one attached hydrogen (secondary N) is 1. The molecule has 7 nitrogen and oxygen atoms in total. The van der Waals surface area contributed by atoms with Gasteiger partial charge in [-0.05, 0) is 18.2 Å². The molecule has 2 aromatic carbocycles. The van der Waals surface area contributed by atoms with Crippen molar-refractivity contribution in [2.24, 2.45) is 0 Å². The molecule has 0 fully saturated rings. The van der Waals surface area contributed by atoms with Crippen LogP contribution in [0.5, 0.6) is 11.5 Å². The Morgan fingerprint density at radius 1 is 1.17 bits per heavy atom. The number of amides is 1. The second-order valence-electron chi connectivity index (χ2n) is 4.41. The number of carbonyl (C=O) groups excluding carboxylic acids is 1. The molecule has 120 valence electrons. The molecule has 0 aliphatic carbocycles. The first-order valence-corrected chi connectivity index (χ1v) is 6.82. The highest BCUT2D eigenvalue weighted by atomic mass is 35.5. The van der Waals surface area contributed by atoms with E-state index in [9.17, 15) is 14.9 Å². The van der Waals surface area contributed by atoms with Crippen LogP contribution in [-0.4, -0.2) is 25.1 Å². The fourth-order valence-electron chi connectivity index (χ4n) is 1.98. The number of hydrogen-bond acceptors (Lipinski definition) is 5. The van der Waals surface area contributed by atoms with Gasteiger partial charge in [0.2, 0.25) is 0 Å². The number of carbonyl (C=O) groups is 1. The SMILES string of the molecule is COc1cccc(OC)c1C(=O)Nc1ccc([N+](=O)[O-])cc1Cl. The van der Waals surface area contributed by atoms with Gasteiger partial charge in [0.1, 0.15) is 17.1 Å². The smallest absolute Gasteiger partial charge is 0.271 e. The number of hydrogen-bond donors (Lipinski definition) is 1. The highest BCUT2D eigenvalue weighted by Gasteiger charge is 2.19. The minimum atomic E-state index is -0.569. The molecule has 0 saturated heterocycles. The summed E-state index contributed by atoms with van der Waals surface area (Å²) in [5, 5.41) is 13.3. The third-order valence-electron chi connectivity index (χ3n) is 3.07. The maximum Gasteiger partial charge on any atom is 0.271 e. The predicted molar refractivity (Wildman–Crippen MR) is 85.6 cm³/mol. The average molecular weight is 337 g/mol. The van der Waals surface area contributed by atoms with Crippen LogP contribution < -0.4 is 14.8 Å². The lowest BCUT2D eigenvalue weighted by Gasteiger charge is -2.13. The van der Waals surface area contributed by atoms with Crippen LogP contribution in [-0.2, 0) is 0 Å². The van der Waals surface area contributed by atoms with E-state index in [0.29, 0.717) is 11.5 Å². The monoisotopic (exact) mass is 336 g/mol. The summed E-state index contributed by atoms with van der Waals surface area (Å²) in [5.74, 6) is 0.162. The van der Waals surface area contributed by atoms with E-state index in [0.717, 1.165) is 6.07 Å². The van der Waals surface area contributed by atoms with Gasteiger partial charge in [0.15, 0.2) is 0 Å². The molecule has 1 amide bonds. The number of nitrogens with zero attached hydrogens (tertiary/aromatic N) is 1. The van der Waals surface area contributed by atoms with Crippen LogP contribution in [0.4, 0.5) is 11.4 Å². The van der Waals surface area contributed by atoms with Crippen LogP contribution >= 0.6 is 11.6 Å². The molecule has 0 aromatic heterocycles. The highest BCUT2D eigenvalue weighted by Crippen LogP contribution is 2.31. The van der Waals surface area contributed by atoms with Gasteiger partial charge in [-0.1, -0.05) is 17.7 Å². The summed E-state index contributed by atoms with van der Waals surface area (Å²) in [4.78, 5) is 22.6. The van der Waals surface area contributed by atoms with E-state index >= 15 is 0 Å². The molecular formula is C15H13ClN2O5. The Bertz CT molecular complexity index is 741. The first-order valence-electron chi connectivity index (χ1n) is 6.44. The number of nitro benzene ring substituents is 1. The Kier molecular flexibility index (Phi) is 5.02. The topological polar surface area (TPSA) is 90.7 Å². The number of ether oxygens (including phenoxy) is 2. The molecule has 1 N–H and O–H groups in total. The Hall–Kier alpha value is -2.80. The van der Waals surface area contributed by atoms with Gasteiger partial charge in [-0.15, -0.1) is 0 Å². The summed E-state index contributed by atoms with van der Waals surface area (Å²) in [6, 6.07) is 8.70. The maximum absolute atomic E-state index is 12.5. The minimum absolute atomic E-state index is 0.0569. The van der Waals surface area contributed by atoms with E-state index in [1.165, 1.54) is 26.4 Å². The van der Waals surface area contributed by atoms with E-state index in [1.54, 1.807) is 18.2 Å². The summed E-state index contributed by atoms with van der Waals surface area (Å²) in [6.07, 6.45) is 0. The Labute approximate surface area is 136 Å². The number of non-ortho nitro benzene ring substituents is 1. The number of halogens is 1. The highest BCUT2D eigenvalue weighted by molar-refractivity contribution is 6.34. The first-order chi connectivity index (χ1) is 11.0. The number of rotatable bonds is 5. The zero-order valence-electron chi connectivity index (χ0n) is 12.3. The fourth-order valence-corrected chi connectivity index (χ4v) is 2.20. The van der Waals surface area contributed by atoms with Crippen LogP contribution in [0.2, 0.25) is 5.02 Å². The van der Waals surface area contributed by atoms with Crippen molar-refractivity contribution >= 4 is 28.9 Å². The average Bonchev–Trinajstić information content (AvgIpc) is 2.55. The van der Waals surface area contributed by atoms with Gasteiger partial charge in [0.25, 0.3) is 11.6 Å². The van der Waals surface area contributed by atoms with Crippen molar-refractivity contribution in [1.29, 1.82) is 0 Å². The van der Waals surface area contributed by atoms with Gasteiger partial charge in [-0.2, -0.15) is 0 Å². The molecule has 0 atom stereocenters. The number of benzene rings is 2. The van der Waals surface area contributed by atoms with Gasteiger partial charge in [-0.3, -0.25) is 14.9 Å². The molecule has 0 aliphatic rings. The van der Waals surface area contributed by atoms with Gasteiger partial charge in [0.05, 0.1) is 29.9 Å². The van der Waals surface area contributed by atoms with Crippen molar-refractivity contribution in [3.05, 3.63) is 57.1 Å². The summed E-state index contributed by atoms with van der Waals surface area (Å²) in [5.41, 5.74) is 0.282. The molecule has 2 aromatic rings. The third-order valence-corrected chi connectivity index (χ3v) is 3.38. The Morgan fingerprint density at radius 3 is 2.26 bits per heavy atom. The summed E-state index contributed by atoms with van der Waals surface area (Å²) in [6.45, 7) is 0. The molecule has 0 heterocycles. The van der Waals surface area contributed by atoms with E-state index < -0.39 is 10.8 Å². The van der Waals surface area contributed by atoms with E-state index in [4.69, 9.17) is 21.1 Å². The molecule has 0 unspecified atom stereocenters. The lowest BCUT2D eigenvalue weighted by atomic mass is 10.1. The van der Waals surface area contributed by atoms with Gasteiger partial charge >= 0.3 is 0 Å². The second kappa shape index (κ2) is 6.97. The maximum atomic E-state index is 12.5. The summed E-state index contributed by atoms with van der Waals surface area (Å²) in [7, 11) is 2.87. The molecule has 0 radical (unpaired) electrons. The van der Waals surface area contributed by atoms with Crippen LogP contribution in [0.15, 0.2) is 36.4 Å².